The summed E-state index contributed by atoms with van der Waals surface area (Å²) in [7, 11) is 0. The molecule has 3 aromatic rings. The lowest BCUT2D eigenvalue weighted by Gasteiger charge is -2.15. The van der Waals surface area contributed by atoms with E-state index in [2.05, 4.69) is 15.9 Å². The van der Waals surface area contributed by atoms with Crippen LogP contribution in [0.25, 0.3) is 6.08 Å². The molecule has 1 fully saturated rings. The molecule has 1 saturated heterocycles. The van der Waals surface area contributed by atoms with E-state index in [4.69, 9.17) is 21.7 Å². The molecule has 33 heavy (non-hydrogen) atoms. The lowest BCUT2D eigenvalue weighted by atomic mass is 10.1. The van der Waals surface area contributed by atoms with Gasteiger partial charge in [-0.3, -0.25) is 9.69 Å². The van der Waals surface area contributed by atoms with Crippen LogP contribution in [0.1, 0.15) is 18.1 Å². The summed E-state index contributed by atoms with van der Waals surface area (Å²) < 4.78 is 27.1. The summed E-state index contributed by atoms with van der Waals surface area (Å²) in [6.07, 6.45) is 1.72. The van der Waals surface area contributed by atoms with Crippen molar-refractivity contribution < 1.29 is 18.7 Å². The average Bonchev–Trinajstić information content (AvgIpc) is 3.07. The Morgan fingerprint density at radius 3 is 2.55 bits per heavy atom. The number of halogens is 2. The van der Waals surface area contributed by atoms with Gasteiger partial charge in [0.1, 0.15) is 12.4 Å². The normalized spacial score (nSPS) is 14.8. The predicted octanol–water partition coefficient (Wildman–Crippen LogP) is 6.97. The maximum Gasteiger partial charge on any atom is 0.270 e. The first-order chi connectivity index (χ1) is 16.0. The summed E-state index contributed by atoms with van der Waals surface area (Å²) >= 11 is 10.1. The smallest absolute Gasteiger partial charge is 0.270 e. The van der Waals surface area contributed by atoms with Crippen molar-refractivity contribution in [2.75, 3.05) is 11.5 Å². The number of carbonyl (C=O) groups is 1. The van der Waals surface area contributed by atoms with E-state index in [0.717, 1.165) is 22.9 Å². The summed E-state index contributed by atoms with van der Waals surface area (Å²) in [5.74, 6) is 0.264. The Balaban J connectivity index is 1.62. The predicted molar refractivity (Wildman–Crippen MR) is 138 cm³/mol. The van der Waals surface area contributed by atoms with E-state index in [-0.39, 0.29) is 15.9 Å². The summed E-state index contributed by atoms with van der Waals surface area (Å²) in [5, 5.41) is 0. The molecule has 0 bridgehead atoms. The molecule has 0 spiro atoms. The van der Waals surface area contributed by atoms with Gasteiger partial charge < -0.3 is 9.47 Å². The van der Waals surface area contributed by atoms with Gasteiger partial charge in [-0.1, -0.05) is 66.4 Å². The highest BCUT2D eigenvalue weighted by atomic mass is 79.9. The maximum absolute atomic E-state index is 14.3. The fraction of sp³-hybridized carbons (Fsp3) is 0.120. The van der Waals surface area contributed by atoms with E-state index >= 15 is 0 Å². The Bertz CT molecular complexity index is 1230. The topological polar surface area (TPSA) is 38.8 Å². The zero-order chi connectivity index (χ0) is 23.4. The molecule has 0 atom stereocenters. The number of nitrogens with zero attached hydrogens (tertiary/aromatic N) is 1. The molecule has 3 aromatic carbocycles. The quantitative estimate of drug-likeness (QED) is 0.237. The molecule has 4 rings (SSSR count). The van der Waals surface area contributed by atoms with Crippen LogP contribution < -0.4 is 14.4 Å². The van der Waals surface area contributed by atoms with Gasteiger partial charge in [-0.2, -0.15) is 0 Å². The Labute approximate surface area is 209 Å². The van der Waals surface area contributed by atoms with E-state index in [1.54, 1.807) is 18.2 Å². The van der Waals surface area contributed by atoms with Crippen molar-refractivity contribution in [3.05, 3.63) is 93.1 Å². The van der Waals surface area contributed by atoms with Crippen molar-refractivity contribution in [3.63, 3.8) is 0 Å². The van der Waals surface area contributed by atoms with E-state index in [9.17, 15) is 9.18 Å². The molecular formula is C25H19BrFNO3S2. The number of thioether (sulfide) groups is 1. The van der Waals surface area contributed by atoms with Crippen molar-refractivity contribution in [2.45, 2.75) is 13.5 Å². The molecule has 0 N–H and O–H groups in total. The first-order valence-corrected chi connectivity index (χ1v) is 12.1. The molecule has 1 amide bonds. The first kappa shape index (κ1) is 23.5. The Morgan fingerprint density at radius 1 is 1.09 bits per heavy atom. The van der Waals surface area contributed by atoms with Gasteiger partial charge in [0.25, 0.3) is 5.91 Å². The van der Waals surface area contributed by atoms with Crippen LogP contribution in [0.15, 0.2) is 76.1 Å². The van der Waals surface area contributed by atoms with Crippen molar-refractivity contribution in [1.82, 2.24) is 0 Å². The average molecular weight is 544 g/mol. The minimum Gasteiger partial charge on any atom is -0.490 e. The molecule has 0 saturated carbocycles. The Hall–Kier alpha value is -2.68. The highest BCUT2D eigenvalue weighted by Gasteiger charge is 2.34. The number of amides is 1. The second kappa shape index (κ2) is 10.5. The van der Waals surface area contributed by atoms with Crippen molar-refractivity contribution in [3.8, 4) is 11.5 Å². The molecule has 0 aliphatic carbocycles. The van der Waals surface area contributed by atoms with Crippen LogP contribution in [0.3, 0.4) is 0 Å². The Kier molecular flexibility index (Phi) is 7.47. The standard InChI is InChI=1S/C25H19BrFNO3S2/c1-2-30-21-13-17(12-18(26)23(21)31-15-16-8-4-3-5-9-16)14-22-24(29)28(25(32)33-22)20-11-7-6-10-19(20)27/h3-14H,2,15H2,1H3/b22-14-. The molecule has 0 radical (unpaired) electrons. The van der Waals surface area contributed by atoms with Crippen LogP contribution in [-0.2, 0) is 11.4 Å². The molecule has 8 heteroatoms. The van der Waals surface area contributed by atoms with Crippen LogP contribution in [0.2, 0.25) is 0 Å². The third-order valence-electron chi connectivity index (χ3n) is 4.74. The summed E-state index contributed by atoms with van der Waals surface area (Å²) in [6, 6.07) is 19.6. The van der Waals surface area contributed by atoms with Gasteiger partial charge in [-0.05, 0) is 64.3 Å². The number of hydrogen-bond donors (Lipinski definition) is 0. The van der Waals surface area contributed by atoms with E-state index in [0.29, 0.717) is 34.1 Å². The third-order valence-corrected chi connectivity index (χ3v) is 6.63. The van der Waals surface area contributed by atoms with Gasteiger partial charge in [0, 0.05) is 0 Å². The van der Waals surface area contributed by atoms with Crippen LogP contribution in [0.4, 0.5) is 10.1 Å². The first-order valence-electron chi connectivity index (χ1n) is 10.1. The number of anilines is 1. The van der Waals surface area contributed by atoms with Gasteiger partial charge in [-0.15, -0.1) is 0 Å². The van der Waals surface area contributed by atoms with E-state index in [1.807, 2.05) is 49.4 Å². The molecule has 1 aliphatic heterocycles. The van der Waals surface area contributed by atoms with Crippen LogP contribution in [-0.4, -0.2) is 16.8 Å². The molecule has 0 aromatic heterocycles. The fourth-order valence-electron chi connectivity index (χ4n) is 3.26. The van der Waals surface area contributed by atoms with Crippen molar-refractivity contribution >= 4 is 61.9 Å². The monoisotopic (exact) mass is 543 g/mol. The van der Waals surface area contributed by atoms with Gasteiger partial charge in [0.15, 0.2) is 15.8 Å². The molecule has 168 valence electrons. The highest BCUT2D eigenvalue weighted by molar-refractivity contribution is 9.10. The largest absolute Gasteiger partial charge is 0.490 e. The molecule has 0 unspecified atom stereocenters. The zero-order valence-electron chi connectivity index (χ0n) is 17.6. The summed E-state index contributed by atoms with van der Waals surface area (Å²) in [6.45, 7) is 2.73. The number of benzene rings is 3. The van der Waals surface area contributed by atoms with E-state index in [1.165, 1.54) is 17.0 Å². The summed E-state index contributed by atoms with van der Waals surface area (Å²) in [5.41, 5.74) is 1.91. The maximum atomic E-state index is 14.3. The van der Waals surface area contributed by atoms with Gasteiger partial charge in [0.2, 0.25) is 0 Å². The van der Waals surface area contributed by atoms with Crippen LogP contribution in [0, 0.1) is 5.82 Å². The molecule has 4 nitrogen and oxygen atoms in total. The lowest BCUT2D eigenvalue weighted by molar-refractivity contribution is -0.113. The number of ether oxygens (including phenoxy) is 2. The van der Waals surface area contributed by atoms with Crippen molar-refractivity contribution in [2.24, 2.45) is 0 Å². The highest BCUT2D eigenvalue weighted by Crippen LogP contribution is 2.41. The van der Waals surface area contributed by atoms with Gasteiger partial charge in [-0.25, -0.2) is 4.39 Å². The fourth-order valence-corrected chi connectivity index (χ4v) is 5.12. The number of carbonyl (C=O) groups excluding carboxylic acids is 1. The molecular weight excluding hydrogens is 525 g/mol. The van der Waals surface area contributed by atoms with Gasteiger partial charge in [0.05, 0.1) is 21.7 Å². The summed E-state index contributed by atoms with van der Waals surface area (Å²) in [4.78, 5) is 14.6. The number of para-hydroxylation sites is 1. The Morgan fingerprint density at radius 2 is 1.82 bits per heavy atom. The molecule has 1 heterocycles. The second-order valence-corrected chi connectivity index (χ2v) is 9.54. The number of rotatable bonds is 7. The number of hydrogen-bond acceptors (Lipinski definition) is 5. The zero-order valence-corrected chi connectivity index (χ0v) is 20.8. The SMILES string of the molecule is CCOc1cc(/C=C2\SC(=S)N(c3ccccc3F)C2=O)cc(Br)c1OCc1ccccc1. The van der Waals surface area contributed by atoms with Crippen LogP contribution >= 0.6 is 39.9 Å². The second-order valence-electron chi connectivity index (χ2n) is 7.01. The van der Waals surface area contributed by atoms with Crippen LogP contribution in [0.5, 0.6) is 11.5 Å². The minimum absolute atomic E-state index is 0.143. The molecule has 1 aliphatic rings. The number of thiocarbonyl (C=S) groups is 1. The van der Waals surface area contributed by atoms with Gasteiger partial charge >= 0.3 is 0 Å². The van der Waals surface area contributed by atoms with Crippen molar-refractivity contribution in [1.29, 1.82) is 0 Å². The van der Waals surface area contributed by atoms with E-state index < -0.39 is 5.82 Å². The lowest BCUT2D eigenvalue weighted by Crippen LogP contribution is -2.28. The third kappa shape index (κ3) is 5.29. The minimum atomic E-state index is -0.503.